The second kappa shape index (κ2) is 6.03. The molecule has 3 N–H and O–H groups in total. The monoisotopic (exact) mass is 337 g/mol. The van der Waals surface area contributed by atoms with Crippen LogP contribution in [0, 0.1) is 0 Å². The lowest BCUT2D eigenvalue weighted by Crippen LogP contribution is -2.37. The summed E-state index contributed by atoms with van der Waals surface area (Å²) in [5.41, 5.74) is 0.0857. The van der Waals surface area contributed by atoms with Crippen LogP contribution in [0.1, 0.15) is 22.6 Å². The van der Waals surface area contributed by atoms with Crippen molar-refractivity contribution in [2.24, 2.45) is 0 Å². The van der Waals surface area contributed by atoms with Gasteiger partial charge in [-0.05, 0) is 23.6 Å². The molecule has 0 fully saturated rings. The number of nitrogens with one attached hydrogen (secondary N) is 3. The summed E-state index contributed by atoms with van der Waals surface area (Å²) in [6, 6.07) is 7.72. The third kappa shape index (κ3) is 3.27. The van der Waals surface area contributed by atoms with E-state index in [1.54, 1.807) is 0 Å². The van der Waals surface area contributed by atoms with Crippen LogP contribution in [-0.4, -0.2) is 17.6 Å². The number of anilines is 1. The van der Waals surface area contributed by atoms with Crippen molar-refractivity contribution in [3.05, 3.63) is 63.6 Å². The van der Waals surface area contributed by atoms with Crippen LogP contribution >= 0.6 is 0 Å². The highest BCUT2D eigenvalue weighted by Gasteiger charge is 2.31. The van der Waals surface area contributed by atoms with E-state index in [0.29, 0.717) is 18.8 Å². The highest BCUT2D eigenvalue weighted by molar-refractivity contribution is 5.89. The van der Waals surface area contributed by atoms with Gasteiger partial charge in [0.15, 0.2) is 0 Å². The van der Waals surface area contributed by atoms with Crippen molar-refractivity contribution in [2.45, 2.75) is 18.5 Å². The largest absolute Gasteiger partial charge is 0.417 e. The van der Waals surface area contributed by atoms with Crippen molar-refractivity contribution in [1.82, 2.24) is 10.3 Å². The van der Waals surface area contributed by atoms with Crippen LogP contribution in [-0.2, 0) is 12.6 Å². The van der Waals surface area contributed by atoms with Crippen LogP contribution in [0.25, 0.3) is 0 Å². The maximum Gasteiger partial charge on any atom is 0.417 e. The van der Waals surface area contributed by atoms with Gasteiger partial charge in [-0.1, -0.05) is 24.3 Å². The van der Waals surface area contributed by atoms with E-state index in [-0.39, 0.29) is 5.92 Å². The van der Waals surface area contributed by atoms with Gasteiger partial charge in [0.2, 0.25) is 0 Å². The number of carbonyl (C=O) groups excluding carboxylic acids is 1. The highest BCUT2D eigenvalue weighted by atomic mass is 19.4. The lowest BCUT2D eigenvalue weighted by molar-refractivity contribution is -0.137. The van der Waals surface area contributed by atoms with Crippen molar-refractivity contribution >= 4 is 11.7 Å². The van der Waals surface area contributed by atoms with Gasteiger partial charge in [-0.25, -0.2) is 4.79 Å². The summed E-state index contributed by atoms with van der Waals surface area (Å²) >= 11 is 0. The number of urea groups is 1. The molecule has 1 aliphatic rings. The van der Waals surface area contributed by atoms with Gasteiger partial charge in [0, 0.05) is 18.7 Å². The van der Waals surface area contributed by atoms with Crippen LogP contribution in [0.2, 0.25) is 0 Å². The fraction of sp³-hybridized carbons (Fsp3) is 0.250. The highest BCUT2D eigenvalue weighted by Crippen LogP contribution is 2.34. The maximum absolute atomic E-state index is 12.6. The average molecular weight is 337 g/mol. The van der Waals surface area contributed by atoms with Gasteiger partial charge in [0.05, 0.1) is 5.56 Å². The Bertz CT molecular complexity index is 830. The predicted molar refractivity (Wildman–Crippen MR) is 82.0 cm³/mol. The van der Waals surface area contributed by atoms with Crippen molar-refractivity contribution in [3.63, 3.8) is 0 Å². The number of benzene rings is 1. The van der Waals surface area contributed by atoms with Gasteiger partial charge in [-0.3, -0.25) is 4.79 Å². The molecule has 0 saturated heterocycles. The molecule has 1 heterocycles. The second-order valence-corrected chi connectivity index (χ2v) is 5.56. The Balaban J connectivity index is 1.61. The molecule has 0 aliphatic heterocycles. The summed E-state index contributed by atoms with van der Waals surface area (Å²) in [5, 5.41) is 4.73. The first-order valence-corrected chi connectivity index (χ1v) is 7.27. The van der Waals surface area contributed by atoms with Crippen LogP contribution < -0.4 is 16.2 Å². The van der Waals surface area contributed by atoms with E-state index < -0.39 is 29.0 Å². The number of rotatable bonds is 3. The zero-order chi connectivity index (χ0) is 17.3. The molecule has 126 valence electrons. The molecule has 24 heavy (non-hydrogen) atoms. The molecule has 2 amide bonds. The van der Waals surface area contributed by atoms with E-state index in [2.05, 4.69) is 10.6 Å². The van der Waals surface area contributed by atoms with E-state index in [4.69, 9.17) is 0 Å². The van der Waals surface area contributed by atoms with Gasteiger partial charge < -0.3 is 15.6 Å². The quantitative estimate of drug-likeness (QED) is 0.806. The Labute approximate surface area is 134 Å². The number of carbonyl (C=O) groups is 1. The number of H-pyrrole nitrogens is 1. The molecule has 1 aromatic heterocycles. The fourth-order valence-electron chi connectivity index (χ4n) is 2.67. The van der Waals surface area contributed by atoms with E-state index in [1.165, 1.54) is 5.56 Å². The molecule has 1 aromatic carbocycles. The smallest absolute Gasteiger partial charge is 0.337 e. The minimum absolute atomic E-state index is 0.173. The summed E-state index contributed by atoms with van der Waals surface area (Å²) in [4.78, 5) is 25.3. The average Bonchev–Trinajstić information content (AvgIpc) is 2.49. The predicted octanol–water partition coefficient (Wildman–Crippen LogP) is 2.86. The molecule has 0 unspecified atom stereocenters. The second-order valence-electron chi connectivity index (χ2n) is 5.56. The molecule has 0 saturated carbocycles. The minimum Gasteiger partial charge on any atom is -0.337 e. The Morgan fingerprint density at radius 1 is 1.29 bits per heavy atom. The van der Waals surface area contributed by atoms with E-state index in [0.717, 1.165) is 12.0 Å². The number of aromatic amines is 1. The van der Waals surface area contributed by atoms with Crippen LogP contribution in [0.3, 0.4) is 0 Å². The third-order valence-corrected chi connectivity index (χ3v) is 3.95. The maximum atomic E-state index is 12.6. The van der Waals surface area contributed by atoms with Gasteiger partial charge in [0.25, 0.3) is 5.56 Å². The fourth-order valence-corrected chi connectivity index (χ4v) is 2.67. The number of fused-ring (bicyclic) bond motifs is 1. The zero-order valence-corrected chi connectivity index (χ0v) is 12.4. The van der Waals surface area contributed by atoms with Gasteiger partial charge >= 0.3 is 12.2 Å². The molecular weight excluding hydrogens is 323 g/mol. The standard InChI is InChI=1S/C16H14F3N3O2/c17-16(18,19)11-6-13(14(23)20-8-11)22-15(24)21-7-10-5-9-3-1-2-4-12(9)10/h1-4,6,8,10H,5,7H2,(H,20,23)(H2,21,22,24)/t10-/m1/s1. The Morgan fingerprint density at radius 3 is 2.75 bits per heavy atom. The molecule has 0 spiro atoms. The molecule has 1 aliphatic carbocycles. The van der Waals surface area contributed by atoms with Crippen LogP contribution in [0.15, 0.2) is 41.3 Å². The number of alkyl halides is 3. The Morgan fingerprint density at radius 2 is 2.04 bits per heavy atom. The lowest BCUT2D eigenvalue weighted by atomic mass is 9.78. The molecule has 8 heteroatoms. The minimum atomic E-state index is -4.60. The Hall–Kier alpha value is -2.77. The lowest BCUT2D eigenvalue weighted by Gasteiger charge is -2.30. The first-order valence-electron chi connectivity index (χ1n) is 7.27. The van der Waals surface area contributed by atoms with E-state index in [9.17, 15) is 22.8 Å². The zero-order valence-electron chi connectivity index (χ0n) is 12.4. The number of halogens is 3. The molecule has 1 atom stereocenters. The molecule has 5 nitrogen and oxygen atoms in total. The summed E-state index contributed by atoms with van der Waals surface area (Å²) < 4.78 is 37.9. The van der Waals surface area contributed by atoms with Gasteiger partial charge in [-0.15, -0.1) is 0 Å². The van der Waals surface area contributed by atoms with Gasteiger partial charge in [0.1, 0.15) is 5.69 Å². The van der Waals surface area contributed by atoms with Crippen molar-refractivity contribution in [1.29, 1.82) is 0 Å². The normalized spacial score (nSPS) is 16.0. The number of hydrogen-bond donors (Lipinski definition) is 3. The molecule has 0 radical (unpaired) electrons. The van der Waals surface area contributed by atoms with Crippen molar-refractivity contribution < 1.29 is 18.0 Å². The van der Waals surface area contributed by atoms with Gasteiger partial charge in [-0.2, -0.15) is 13.2 Å². The SMILES string of the molecule is O=C(NC[C@H]1Cc2ccccc21)Nc1cc(C(F)(F)F)c[nH]c1=O. The number of aromatic nitrogens is 1. The van der Waals surface area contributed by atoms with Crippen LogP contribution in [0.4, 0.5) is 23.7 Å². The van der Waals surface area contributed by atoms with E-state index >= 15 is 0 Å². The summed E-state index contributed by atoms with van der Waals surface area (Å²) in [5.74, 6) is 0.173. The molecule has 3 rings (SSSR count). The third-order valence-electron chi connectivity index (χ3n) is 3.95. The van der Waals surface area contributed by atoms with Crippen molar-refractivity contribution in [2.75, 3.05) is 11.9 Å². The van der Waals surface area contributed by atoms with E-state index in [1.807, 2.05) is 29.2 Å². The number of hydrogen-bond acceptors (Lipinski definition) is 2. The van der Waals surface area contributed by atoms with Crippen LogP contribution in [0.5, 0.6) is 0 Å². The first kappa shape index (κ1) is 16.1. The molecule has 0 bridgehead atoms. The Kier molecular flexibility index (Phi) is 4.04. The number of pyridine rings is 1. The molecule has 2 aromatic rings. The summed E-state index contributed by atoms with van der Waals surface area (Å²) in [7, 11) is 0. The topological polar surface area (TPSA) is 74.0 Å². The summed E-state index contributed by atoms with van der Waals surface area (Å²) in [6.45, 7) is 0.347. The molecular formula is C16H14F3N3O2. The number of amides is 2. The first-order chi connectivity index (χ1) is 11.3. The van der Waals surface area contributed by atoms with Crippen molar-refractivity contribution in [3.8, 4) is 0 Å². The summed E-state index contributed by atoms with van der Waals surface area (Å²) in [6.07, 6.45) is -3.20.